The second-order valence-electron chi connectivity index (χ2n) is 5.30. The van der Waals surface area contributed by atoms with E-state index in [-0.39, 0.29) is 12.3 Å². The Labute approximate surface area is 154 Å². The number of hydrogen-bond donors (Lipinski definition) is 1. The molecule has 3 aromatic rings. The van der Waals surface area contributed by atoms with Gasteiger partial charge in [-0.3, -0.25) is 4.79 Å². The van der Waals surface area contributed by atoms with Gasteiger partial charge in [-0.1, -0.05) is 48.3 Å². The van der Waals surface area contributed by atoms with E-state index in [1.54, 1.807) is 28.9 Å². The Bertz CT molecular complexity index is 889. The molecule has 3 rings (SSSR count). The van der Waals surface area contributed by atoms with Crippen molar-refractivity contribution in [2.24, 2.45) is 0 Å². The van der Waals surface area contributed by atoms with Crippen LogP contribution in [0.5, 0.6) is 0 Å². The molecule has 1 aromatic heterocycles. The average molecular weight is 376 g/mol. The van der Waals surface area contributed by atoms with E-state index in [0.29, 0.717) is 39.2 Å². The van der Waals surface area contributed by atoms with Crippen molar-refractivity contribution in [2.75, 3.05) is 5.32 Å². The summed E-state index contributed by atoms with van der Waals surface area (Å²) in [5.41, 5.74) is 1.90. The number of nitrogens with one attached hydrogen (secondary N) is 1. The van der Waals surface area contributed by atoms with Crippen LogP contribution in [0.1, 0.15) is 18.3 Å². The number of aryl methyl sites for hydroxylation is 1. The minimum absolute atomic E-state index is 0.0725. The second kappa shape index (κ2) is 7.63. The van der Waals surface area contributed by atoms with Crippen molar-refractivity contribution in [3.63, 3.8) is 0 Å². The highest BCUT2D eigenvalue weighted by Crippen LogP contribution is 2.26. The van der Waals surface area contributed by atoms with Crippen LogP contribution < -0.4 is 5.32 Å². The van der Waals surface area contributed by atoms with Gasteiger partial charge in [-0.2, -0.15) is 4.68 Å². The highest BCUT2D eigenvalue weighted by atomic mass is 35.5. The monoisotopic (exact) mass is 375 g/mol. The summed E-state index contributed by atoms with van der Waals surface area (Å²) >= 11 is 12.3. The molecule has 0 aliphatic carbocycles. The van der Waals surface area contributed by atoms with Gasteiger partial charge in [0, 0.05) is 16.5 Å². The van der Waals surface area contributed by atoms with E-state index in [1.165, 1.54) is 0 Å². The van der Waals surface area contributed by atoms with E-state index in [0.717, 1.165) is 0 Å². The molecule has 0 saturated heterocycles. The van der Waals surface area contributed by atoms with E-state index in [2.05, 4.69) is 20.8 Å². The lowest BCUT2D eigenvalue weighted by atomic mass is 10.1. The maximum Gasteiger partial charge on any atom is 0.228 e. The number of nitrogens with zero attached hydrogens (tertiary/aromatic N) is 4. The molecular formula is C17H15Cl2N5O. The summed E-state index contributed by atoms with van der Waals surface area (Å²) in [4.78, 5) is 12.5. The standard InChI is InChI=1S/C17H15Cl2N5O/c1-2-16-21-22-23-24(16)15-9-4-3-8-14(15)20-17(25)10-11-12(18)6-5-7-13(11)19/h3-9H,2,10H2,1H3,(H,20,25). The fraction of sp³-hybridized carbons (Fsp3) is 0.176. The normalized spacial score (nSPS) is 10.7. The van der Waals surface area contributed by atoms with Crippen molar-refractivity contribution in [1.29, 1.82) is 0 Å². The van der Waals surface area contributed by atoms with Gasteiger partial charge >= 0.3 is 0 Å². The van der Waals surface area contributed by atoms with Gasteiger partial charge in [-0.15, -0.1) is 5.10 Å². The molecule has 2 aromatic carbocycles. The summed E-state index contributed by atoms with van der Waals surface area (Å²) in [6, 6.07) is 12.5. The molecule has 6 nitrogen and oxygen atoms in total. The summed E-state index contributed by atoms with van der Waals surface area (Å²) in [6.07, 6.45) is 0.744. The third kappa shape index (κ3) is 3.81. The molecule has 0 fully saturated rings. The number of carbonyl (C=O) groups is 1. The topological polar surface area (TPSA) is 72.7 Å². The molecule has 1 N–H and O–H groups in total. The lowest BCUT2D eigenvalue weighted by molar-refractivity contribution is -0.115. The van der Waals surface area contributed by atoms with Crippen LogP contribution in [0.25, 0.3) is 5.69 Å². The van der Waals surface area contributed by atoms with E-state index < -0.39 is 0 Å². The number of tetrazole rings is 1. The van der Waals surface area contributed by atoms with E-state index in [9.17, 15) is 4.79 Å². The van der Waals surface area contributed by atoms with Gasteiger partial charge in [0.1, 0.15) is 0 Å². The first-order valence-electron chi connectivity index (χ1n) is 7.69. The van der Waals surface area contributed by atoms with Crippen LogP contribution in [0.15, 0.2) is 42.5 Å². The fourth-order valence-electron chi connectivity index (χ4n) is 2.43. The summed E-state index contributed by atoms with van der Waals surface area (Å²) < 4.78 is 1.61. The van der Waals surface area contributed by atoms with Crippen LogP contribution in [0.2, 0.25) is 10.0 Å². The summed E-state index contributed by atoms with van der Waals surface area (Å²) in [7, 11) is 0. The molecule has 0 unspecified atom stereocenters. The van der Waals surface area contributed by atoms with E-state index in [4.69, 9.17) is 23.2 Å². The minimum atomic E-state index is -0.228. The predicted octanol–water partition coefficient (Wildman–Crippen LogP) is 3.71. The van der Waals surface area contributed by atoms with Crippen LogP contribution in [0, 0.1) is 0 Å². The Morgan fingerprint density at radius 1 is 1.12 bits per heavy atom. The zero-order chi connectivity index (χ0) is 17.8. The Balaban J connectivity index is 1.85. The lowest BCUT2D eigenvalue weighted by Gasteiger charge is -2.12. The SMILES string of the molecule is CCc1nnnn1-c1ccccc1NC(=O)Cc1c(Cl)cccc1Cl. The van der Waals surface area contributed by atoms with Crippen LogP contribution in [-0.4, -0.2) is 26.1 Å². The molecule has 0 radical (unpaired) electrons. The quantitative estimate of drug-likeness (QED) is 0.737. The van der Waals surface area contributed by atoms with Crippen molar-refractivity contribution in [2.45, 2.75) is 19.8 Å². The van der Waals surface area contributed by atoms with Gasteiger partial charge in [-0.25, -0.2) is 0 Å². The van der Waals surface area contributed by atoms with Crippen LogP contribution in [0.3, 0.4) is 0 Å². The van der Waals surface area contributed by atoms with Gasteiger partial charge < -0.3 is 5.32 Å². The average Bonchev–Trinajstić information content (AvgIpc) is 3.07. The number of carbonyl (C=O) groups excluding carboxylic acids is 1. The molecule has 8 heteroatoms. The smallest absolute Gasteiger partial charge is 0.228 e. The van der Waals surface area contributed by atoms with Crippen molar-refractivity contribution in [3.8, 4) is 5.69 Å². The van der Waals surface area contributed by atoms with Crippen molar-refractivity contribution < 1.29 is 4.79 Å². The van der Waals surface area contributed by atoms with Crippen LogP contribution in [0.4, 0.5) is 5.69 Å². The van der Waals surface area contributed by atoms with E-state index >= 15 is 0 Å². The molecule has 0 saturated carbocycles. The summed E-state index contributed by atoms with van der Waals surface area (Å²) in [5, 5.41) is 15.5. The Morgan fingerprint density at radius 3 is 2.56 bits per heavy atom. The molecule has 1 heterocycles. The van der Waals surface area contributed by atoms with E-state index in [1.807, 2.05) is 25.1 Å². The number of halogens is 2. The molecule has 0 atom stereocenters. The number of hydrogen-bond acceptors (Lipinski definition) is 4. The second-order valence-corrected chi connectivity index (χ2v) is 6.12. The highest BCUT2D eigenvalue weighted by Gasteiger charge is 2.15. The fourth-order valence-corrected chi connectivity index (χ4v) is 2.96. The first kappa shape index (κ1) is 17.4. The predicted molar refractivity (Wildman–Crippen MR) is 97.3 cm³/mol. The van der Waals surface area contributed by atoms with Gasteiger partial charge in [0.05, 0.1) is 17.8 Å². The van der Waals surface area contributed by atoms with Crippen molar-refractivity contribution >= 4 is 34.8 Å². The highest BCUT2D eigenvalue weighted by molar-refractivity contribution is 6.36. The summed E-state index contributed by atoms with van der Waals surface area (Å²) in [5.74, 6) is 0.476. The zero-order valence-electron chi connectivity index (χ0n) is 13.4. The first-order chi connectivity index (χ1) is 12.1. The zero-order valence-corrected chi connectivity index (χ0v) is 14.9. The van der Waals surface area contributed by atoms with Crippen LogP contribution >= 0.6 is 23.2 Å². The largest absolute Gasteiger partial charge is 0.324 e. The third-order valence-electron chi connectivity index (χ3n) is 3.66. The molecule has 0 aliphatic rings. The number of benzene rings is 2. The first-order valence-corrected chi connectivity index (χ1v) is 8.45. The molecular weight excluding hydrogens is 361 g/mol. The third-order valence-corrected chi connectivity index (χ3v) is 4.36. The van der Waals surface area contributed by atoms with Gasteiger partial charge in [-0.05, 0) is 40.3 Å². The molecule has 128 valence electrons. The van der Waals surface area contributed by atoms with Crippen molar-refractivity contribution in [1.82, 2.24) is 20.2 Å². The maximum absolute atomic E-state index is 12.5. The Kier molecular flexibility index (Phi) is 5.31. The summed E-state index contributed by atoms with van der Waals surface area (Å²) in [6.45, 7) is 1.96. The number of rotatable bonds is 5. The Hall–Kier alpha value is -2.44. The Morgan fingerprint density at radius 2 is 1.84 bits per heavy atom. The molecule has 1 amide bonds. The number of anilines is 1. The van der Waals surface area contributed by atoms with Gasteiger partial charge in [0.25, 0.3) is 0 Å². The molecule has 0 spiro atoms. The van der Waals surface area contributed by atoms with Gasteiger partial charge in [0.15, 0.2) is 5.82 Å². The van der Waals surface area contributed by atoms with Crippen molar-refractivity contribution in [3.05, 3.63) is 63.9 Å². The molecule has 25 heavy (non-hydrogen) atoms. The lowest BCUT2D eigenvalue weighted by Crippen LogP contribution is -2.17. The molecule has 0 aliphatic heterocycles. The van der Waals surface area contributed by atoms with Crippen LogP contribution in [-0.2, 0) is 17.6 Å². The minimum Gasteiger partial charge on any atom is -0.324 e. The maximum atomic E-state index is 12.5. The van der Waals surface area contributed by atoms with Gasteiger partial charge in [0.2, 0.25) is 5.91 Å². The number of aromatic nitrogens is 4. The number of amides is 1. The number of para-hydroxylation sites is 2. The molecule has 0 bridgehead atoms.